The zero-order valence-electron chi connectivity index (χ0n) is 23.4. The van der Waals surface area contributed by atoms with Crippen LogP contribution in [-0.4, -0.2) is 67.9 Å². The predicted molar refractivity (Wildman–Crippen MR) is 143 cm³/mol. The van der Waals surface area contributed by atoms with Gasteiger partial charge in [-0.25, -0.2) is 12.8 Å². The SMILES string of the molecule is CN(C(=O)C(C)(C)c1cc(C(F)(F)F)cc(C(F)(F)F)c1)[C@H]1CCN(C2CCS(=O)(=O)CC2)C[C@@H]1c1ccc(F)cc1. The Hall–Kier alpha value is -2.67. The highest BCUT2D eigenvalue weighted by Gasteiger charge is 2.44. The minimum Gasteiger partial charge on any atom is -0.341 e. The van der Waals surface area contributed by atoms with Crippen molar-refractivity contribution in [2.75, 3.05) is 31.6 Å². The minimum absolute atomic E-state index is 0.000713. The van der Waals surface area contributed by atoms with Gasteiger partial charge in [0.15, 0.2) is 0 Å². The molecule has 4 rings (SSSR count). The lowest BCUT2D eigenvalue weighted by Crippen LogP contribution is -2.56. The summed E-state index contributed by atoms with van der Waals surface area (Å²) in [5.74, 6) is -1.35. The summed E-state index contributed by atoms with van der Waals surface area (Å²) >= 11 is 0. The van der Waals surface area contributed by atoms with E-state index in [1.165, 1.54) is 37.9 Å². The van der Waals surface area contributed by atoms with Crippen LogP contribution in [0.4, 0.5) is 30.7 Å². The van der Waals surface area contributed by atoms with Crippen LogP contribution >= 0.6 is 0 Å². The number of rotatable bonds is 5. The number of piperidine rings is 1. The van der Waals surface area contributed by atoms with Gasteiger partial charge >= 0.3 is 12.4 Å². The third-order valence-electron chi connectivity index (χ3n) is 8.61. The highest BCUT2D eigenvalue weighted by molar-refractivity contribution is 7.91. The molecule has 2 aromatic carbocycles. The minimum atomic E-state index is -5.06. The molecule has 42 heavy (non-hydrogen) atoms. The van der Waals surface area contributed by atoms with Crippen molar-refractivity contribution in [3.05, 3.63) is 70.5 Å². The molecule has 2 saturated heterocycles. The normalized spacial score (nSPS) is 22.6. The van der Waals surface area contributed by atoms with Gasteiger partial charge in [0.05, 0.1) is 28.0 Å². The molecule has 0 N–H and O–H groups in total. The van der Waals surface area contributed by atoms with Crippen LogP contribution < -0.4 is 0 Å². The first-order chi connectivity index (χ1) is 19.3. The molecule has 2 aliphatic heterocycles. The number of sulfone groups is 1. The molecule has 1 amide bonds. The molecule has 0 saturated carbocycles. The maximum absolute atomic E-state index is 13.9. The van der Waals surface area contributed by atoms with Gasteiger partial charge in [-0.05, 0) is 74.6 Å². The number of alkyl halides is 6. The van der Waals surface area contributed by atoms with E-state index in [-0.39, 0.29) is 29.5 Å². The average molecular weight is 623 g/mol. The van der Waals surface area contributed by atoms with Gasteiger partial charge in [-0.15, -0.1) is 0 Å². The summed E-state index contributed by atoms with van der Waals surface area (Å²) in [5.41, 5.74) is -4.45. The first-order valence-corrected chi connectivity index (χ1v) is 15.4. The third-order valence-corrected chi connectivity index (χ3v) is 10.3. The van der Waals surface area contributed by atoms with Gasteiger partial charge in [0.1, 0.15) is 15.7 Å². The summed E-state index contributed by atoms with van der Waals surface area (Å²) < 4.78 is 119. The molecule has 0 unspecified atom stereocenters. The van der Waals surface area contributed by atoms with Crippen LogP contribution in [0.25, 0.3) is 0 Å². The van der Waals surface area contributed by atoms with E-state index in [2.05, 4.69) is 4.90 Å². The van der Waals surface area contributed by atoms with Crippen molar-refractivity contribution < 1.29 is 43.9 Å². The number of likely N-dealkylation sites (tertiary alicyclic amines) is 1. The van der Waals surface area contributed by atoms with Gasteiger partial charge in [0.25, 0.3) is 0 Å². The Morgan fingerprint density at radius 3 is 1.86 bits per heavy atom. The van der Waals surface area contributed by atoms with E-state index in [1.54, 1.807) is 12.1 Å². The average Bonchev–Trinajstić information content (AvgIpc) is 2.91. The number of hydrogen-bond acceptors (Lipinski definition) is 4. The number of hydrogen-bond donors (Lipinski definition) is 0. The fraction of sp³-hybridized carbons (Fsp3) is 0.552. The first-order valence-electron chi connectivity index (χ1n) is 13.6. The Labute approximate surface area is 240 Å². The fourth-order valence-corrected chi connectivity index (χ4v) is 7.54. The molecule has 232 valence electrons. The number of halogens is 7. The number of amides is 1. The molecule has 2 fully saturated rings. The molecule has 0 spiro atoms. The Morgan fingerprint density at radius 2 is 1.36 bits per heavy atom. The molecule has 2 atom stereocenters. The van der Waals surface area contributed by atoms with Crippen LogP contribution in [0.3, 0.4) is 0 Å². The van der Waals surface area contributed by atoms with Crippen molar-refractivity contribution in [3.63, 3.8) is 0 Å². The van der Waals surface area contributed by atoms with Crippen LogP contribution in [0, 0.1) is 5.82 Å². The Morgan fingerprint density at radius 1 is 0.857 bits per heavy atom. The maximum Gasteiger partial charge on any atom is 0.416 e. The molecule has 0 aliphatic carbocycles. The van der Waals surface area contributed by atoms with Gasteiger partial charge in [0, 0.05) is 38.1 Å². The summed E-state index contributed by atoms with van der Waals surface area (Å²) in [6.45, 7) is 3.52. The number of likely N-dealkylation sites (N-methyl/N-ethyl adjacent to an activating group) is 1. The molecular formula is C29H33F7N2O3S. The smallest absolute Gasteiger partial charge is 0.341 e. The van der Waals surface area contributed by atoms with Crippen molar-refractivity contribution in [1.29, 1.82) is 0 Å². The predicted octanol–water partition coefficient (Wildman–Crippen LogP) is 6.03. The molecule has 0 radical (unpaired) electrons. The number of benzene rings is 2. The number of carbonyl (C=O) groups is 1. The van der Waals surface area contributed by atoms with Crippen LogP contribution in [-0.2, 0) is 32.4 Å². The molecule has 13 heteroatoms. The van der Waals surface area contributed by atoms with Gasteiger partial charge in [-0.1, -0.05) is 12.1 Å². The highest BCUT2D eigenvalue weighted by atomic mass is 32.2. The Bertz CT molecular complexity index is 1360. The van der Waals surface area contributed by atoms with Crippen LogP contribution in [0.5, 0.6) is 0 Å². The van der Waals surface area contributed by atoms with Crippen molar-refractivity contribution in [1.82, 2.24) is 9.80 Å². The van der Waals surface area contributed by atoms with E-state index < -0.39 is 62.1 Å². The van der Waals surface area contributed by atoms with E-state index in [4.69, 9.17) is 0 Å². The Balaban J connectivity index is 1.65. The van der Waals surface area contributed by atoms with E-state index in [0.29, 0.717) is 50.0 Å². The zero-order chi connectivity index (χ0) is 31.3. The zero-order valence-corrected chi connectivity index (χ0v) is 24.2. The maximum atomic E-state index is 13.9. The molecule has 2 heterocycles. The van der Waals surface area contributed by atoms with Crippen LogP contribution in [0.1, 0.15) is 61.3 Å². The van der Waals surface area contributed by atoms with Gasteiger partial charge in [-0.3, -0.25) is 9.69 Å². The molecule has 0 aromatic heterocycles. The molecule has 5 nitrogen and oxygen atoms in total. The van der Waals surface area contributed by atoms with Gasteiger partial charge in [-0.2, -0.15) is 26.3 Å². The Kier molecular flexibility index (Phi) is 8.78. The van der Waals surface area contributed by atoms with Gasteiger partial charge in [0.2, 0.25) is 5.91 Å². The second kappa shape index (κ2) is 11.4. The van der Waals surface area contributed by atoms with Gasteiger partial charge < -0.3 is 4.90 Å². The second-order valence-corrected chi connectivity index (χ2v) is 14.0. The fourth-order valence-electron chi connectivity index (χ4n) is 6.07. The topological polar surface area (TPSA) is 57.7 Å². The molecule has 2 aromatic rings. The first kappa shape index (κ1) is 32.2. The van der Waals surface area contributed by atoms with E-state index in [9.17, 15) is 43.9 Å². The second-order valence-electron chi connectivity index (χ2n) is 11.7. The van der Waals surface area contributed by atoms with Crippen molar-refractivity contribution in [3.8, 4) is 0 Å². The monoisotopic (exact) mass is 622 g/mol. The number of nitrogens with zero attached hydrogens (tertiary/aromatic N) is 2. The standard InChI is InChI=1S/C29H33F7N2O3S/c1-27(2,19-14-20(28(31,32)33)16-21(15-19)29(34,35)36)26(39)37(3)25-8-11-38(23-9-12-42(40,41)13-10-23)17-24(25)18-4-6-22(30)7-5-18/h4-7,14-16,23-25H,8-13,17H2,1-3H3/t24-,25+/m1/s1. The van der Waals surface area contributed by atoms with Crippen molar-refractivity contribution in [2.24, 2.45) is 0 Å². The van der Waals surface area contributed by atoms with E-state index in [0.717, 1.165) is 0 Å². The lowest BCUT2D eigenvalue weighted by atomic mass is 9.79. The summed E-state index contributed by atoms with van der Waals surface area (Å²) in [6, 6.07) is 6.44. The lowest BCUT2D eigenvalue weighted by Gasteiger charge is -2.47. The lowest BCUT2D eigenvalue weighted by molar-refractivity contribution is -0.144. The summed E-state index contributed by atoms with van der Waals surface area (Å²) in [6.07, 6.45) is -8.77. The van der Waals surface area contributed by atoms with Crippen molar-refractivity contribution in [2.45, 2.75) is 68.9 Å². The summed E-state index contributed by atoms with van der Waals surface area (Å²) in [4.78, 5) is 17.4. The largest absolute Gasteiger partial charge is 0.416 e. The van der Waals surface area contributed by atoms with E-state index >= 15 is 0 Å². The quantitative estimate of drug-likeness (QED) is 0.382. The molecular weight excluding hydrogens is 589 g/mol. The van der Waals surface area contributed by atoms with Crippen LogP contribution in [0.15, 0.2) is 42.5 Å². The summed E-state index contributed by atoms with van der Waals surface area (Å²) in [7, 11) is -1.61. The molecule has 0 bridgehead atoms. The third kappa shape index (κ3) is 6.93. The highest BCUT2D eigenvalue weighted by Crippen LogP contribution is 2.41. The summed E-state index contributed by atoms with van der Waals surface area (Å²) in [5, 5.41) is 0. The van der Waals surface area contributed by atoms with E-state index in [1.807, 2.05) is 0 Å². The van der Waals surface area contributed by atoms with Crippen LogP contribution in [0.2, 0.25) is 0 Å². The number of carbonyl (C=O) groups excluding carboxylic acids is 1. The van der Waals surface area contributed by atoms with Crippen molar-refractivity contribution >= 4 is 15.7 Å². The molecule has 2 aliphatic rings.